The summed E-state index contributed by atoms with van der Waals surface area (Å²) in [5.74, 6) is 0.635. The molecule has 3 heterocycles. The van der Waals surface area contributed by atoms with Crippen molar-refractivity contribution in [2.75, 3.05) is 56.0 Å². The fraction of sp³-hybridized carbons (Fsp3) is 0.409. The molecule has 4 rings (SSSR count). The smallest absolute Gasteiger partial charge is 0.243 e. The van der Waals surface area contributed by atoms with Crippen LogP contribution >= 0.6 is 11.6 Å². The molecular formula is C22H28ClN7O3S. The first kappa shape index (κ1) is 24.4. The summed E-state index contributed by atoms with van der Waals surface area (Å²) >= 11 is 6.25. The normalized spacial score (nSPS) is 15.2. The van der Waals surface area contributed by atoms with Crippen molar-refractivity contribution < 1.29 is 13.2 Å². The van der Waals surface area contributed by atoms with Gasteiger partial charge in [0.15, 0.2) is 0 Å². The minimum Gasteiger partial charge on any atom is -0.353 e. The Morgan fingerprint density at radius 2 is 1.88 bits per heavy atom. The highest BCUT2D eigenvalue weighted by Gasteiger charge is 2.24. The molecule has 2 N–H and O–H groups in total. The Balaban J connectivity index is 1.38. The third-order valence-electron chi connectivity index (χ3n) is 5.93. The number of nitrogens with zero attached hydrogens (tertiary/aromatic N) is 5. The standard InChI is InChI=1S/C22H28ClN7O3S/c1-3-30(4-2)34(32,33)16-5-6-18(23)19(13-16)27-20(31)14-28-9-11-29(12-10-28)22-17-7-8-24-21(17)25-15-26-22/h5-8,13,15H,3-4,9-12,14H2,1-2H3,(H,27,31)(H,24,25,26). The molecule has 0 spiro atoms. The Kier molecular flexibility index (Phi) is 7.36. The van der Waals surface area contributed by atoms with Gasteiger partial charge in [-0.3, -0.25) is 9.69 Å². The van der Waals surface area contributed by atoms with Crippen molar-refractivity contribution in [1.82, 2.24) is 24.2 Å². The van der Waals surface area contributed by atoms with Gasteiger partial charge in [-0.1, -0.05) is 25.4 Å². The average molecular weight is 506 g/mol. The molecule has 12 heteroatoms. The molecule has 1 aromatic carbocycles. The Labute approximate surface area is 204 Å². The van der Waals surface area contributed by atoms with E-state index in [1.807, 2.05) is 17.2 Å². The van der Waals surface area contributed by atoms with Gasteiger partial charge >= 0.3 is 0 Å². The second kappa shape index (κ2) is 10.3. The van der Waals surface area contributed by atoms with E-state index in [1.54, 1.807) is 20.2 Å². The van der Waals surface area contributed by atoms with Crippen LogP contribution < -0.4 is 10.2 Å². The van der Waals surface area contributed by atoms with Gasteiger partial charge in [-0.25, -0.2) is 18.4 Å². The van der Waals surface area contributed by atoms with Crippen molar-refractivity contribution in [2.24, 2.45) is 0 Å². The molecule has 1 aliphatic heterocycles. The number of hydrogen-bond acceptors (Lipinski definition) is 7. The van der Waals surface area contributed by atoms with E-state index in [-0.39, 0.29) is 28.1 Å². The summed E-state index contributed by atoms with van der Waals surface area (Å²) in [4.78, 5) is 28.8. The van der Waals surface area contributed by atoms with E-state index in [4.69, 9.17) is 11.6 Å². The predicted octanol–water partition coefficient (Wildman–Crippen LogP) is 2.40. The van der Waals surface area contributed by atoms with Crippen molar-refractivity contribution in [3.8, 4) is 0 Å². The number of halogens is 1. The lowest BCUT2D eigenvalue weighted by atomic mass is 10.2. The molecule has 10 nitrogen and oxygen atoms in total. The van der Waals surface area contributed by atoms with Gasteiger partial charge in [0.25, 0.3) is 0 Å². The summed E-state index contributed by atoms with van der Waals surface area (Å²) in [5, 5.41) is 4.04. The lowest BCUT2D eigenvalue weighted by Gasteiger charge is -2.35. The first-order chi connectivity index (χ1) is 16.3. The molecule has 2 aromatic heterocycles. The number of nitrogens with one attached hydrogen (secondary N) is 2. The molecule has 3 aromatic rings. The summed E-state index contributed by atoms with van der Waals surface area (Å²) in [7, 11) is -3.65. The number of benzene rings is 1. The SMILES string of the molecule is CCN(CC)S(=O)(=O)c1ccc(Cl)c(NC(=O)CN2CCN(c3ncnc4[nH]ccc34)CC2)c1. The van der Waals surface area contributed by atoms with Crippen molar-refractivity contribution in [2.45, 2.75) is 18.7 Å². The first-order valence-corrected chi connectivity index (χ1v) is 13.0. The highest BCUT2D eigenvalue weighted by Crippen LogP contribution is 2.27. The number of aromatic nitrogens is 3. The summed E-state index contributed by atoms with van der Waals surface area (Å²) < 4.78 is 27.0. The molecule has 0 saturated carbocycles. The Bertz CT molecular complexity index is 1270. The van der Waals surface area contributed by atoms with Gasteiger partial charge in [0.05, 0.1) is 27.5 Å². The minimum atomic E-state index is -3.65. The van der Waals surface area contributed by atoms with Crippen LogP contribution in [-0.2, 0) is 14.8 Å². The molecule has 182 valence electrons. The molecule has 0 radical (unpaired) electrons. The van der Waals surface area contributed by atoms with Gasteiger partial charge in [0, 0.05) is 45.5 Å². The van der Waals surface area contributed by atoms with Crippen LogP contribution in [0.3, 0.4) is 0 Å². The largest absolute Gasteiger partial charge is 0.353 e. The lowest BCUT2D eigenvalue weighted by Crippen LogP contribution is -2.49. The van der Waals surface area contributed by atoms with Crippen LogP contribution in [0.25, 0.3) is 11.0 Å². The van der Waals surface area contributed by atoms with Gasteiger partial charge in [0.1, 0.15) is 17.8 Å². The zero-order valence-electron chi connectivity index (χ0n) is 19.2. The second-order valence-electron chi connectivity index (χ2n) is 7.98. The van der Waals surface area contributed by atoms with Crippen LogP contribution in [0.2, 0.25) is 5.02 Å². The number of sulfonamides is 1. The zero-order valence-corrected chi connectivity index (χ0v) is 20.7. The number of aromatic amines is 1. The number of anilines is 2. The van der Waals surface area contributed by atoms with Gasteiger partial charge in [-0.15, -0.1) is 0 Å². The monoisotopic (exact) mass is 505 g/mol. The maximum atomic E-state index is 12.8. The third-order valence-corrected chi connectivity index (χ3v) is 8.30. The number of fused-ring (bicyclic) bond motifs is 1. The van der Waals surface area contributed by atoms with E-state index in [1.165, 1.54) is 22.5 Å². The van der Waals surface area contributed by atoms with Crippen molar-refractivity contribution in [3.63, 3.8) is 0 Å². The van der Waals surface area contributed by atoms with Crippen LogP contribution in [-0.4, -0.2) is 84.3 Å². The highest BCUT2D eigenvalue weighted by atomic mass is 35.5. The molecular weight excluding hydrogens is 478 g/mol. The van der Waals surface area contributed by atoms with Gasteiger partial charge < -0.3 is 15.2 Å². The van der Waals surface area contributed by atoms with E-state index >= 15 is 0 Å². The molecule has 34 heavy (non-hydrogen) atoms. The molecule has 1 aliphatic rings. The van der Waals surface area contributed by atoms with Crippen LogP contribution in [0.15, 0.2) is 41.7 Å². The van der Waals surface area contributed by atoms with Crippen molar-refractivity contribution >= 4 is 50.1 Å². The van der Waals surface area contributed by atoms with Crippen molar-refractivity contribution in [3.05, 3.63) is 41.8 Å². The second-order valence-corrected chi connectivity index (χ2v) is 10.3. The number of carbonyl (C=O) groups is 1. The first-order valence-electron chi connectivity index (χ1n) is 11.2. The van der Waals surface area contributed by atoms with E-state index in [0.29, 0.717) is 26.2 Å². The fourth-order valence-electron chi connectivity index (χ4n) is 4.09. The summed E-state index contributed by atoms with van der Waals surface area (Å²) in [5.41, 5.74) is 1.09. The summed E-state index contributed by atoms with van der Waals surface area (Å²) in [6.45, 7) is 7.29. The Hall–Kier alpha value is -2.73. The molecule has 1 saturated heterocycles. The van der Waals surface area contributed by atoms with Gasteiger partial charge in [-0.2, -0.15) is 4.31 Å². The van der Waals surface area contributed by atoms with E-state index < -0.39 is 10.0 Å². The number of hydrogen-bond donors (Lipinski definition) is 2. The van der Waals surface area contributed by atoms with Gasteiger partial charge in [0.2, 0.25) is 15.9 Å². The van der Waals surface area contributed by atoms with Gasteiger partial charge in [-0.05, 0) is 24.3 Å². The number of rotatable bonds is 8. The Morgan fingerprint density at radius 3 is 2.59 bits per heavy atom. The molecule has 0 aliphatic carbocycles. The number of piperazine rings is 1. The fourth-order valence-corrected chi connectivity index (χ4v) is 5.74. The molecule has 0 atom stereocenters. The number of carbonyl (C=O) groups excluding carboxylic acids is 1. The Morgan fingerprint density at radius 1 is 1.15 bits per heavy atom. The number of amides is 1. The molecule has 0 bridgehead atoms. The van der Waals surface area contributed by atoms with Crippen LogP contribution in [0, 0.1) is 0 Å². The molecule has 1 amide bonds. The summed E-state index contributed by atoms with van der Waals surface area (Å²) in [6.07, 6.45) is 3.39. The maximum Gasteiger partial charge on any atom is 0.243 e. The van der Waals surface area contributed by atoms with E-state index in [0.717, 1.165) is 29.9 Å². The average Bonchev–Trinajstić information content (AvgIpc) is 3.31. The molecule has 1 fully saturated rings. The van der Waals surface area contributed by atoms with E-state index in [9.17, 15) is 13.2 Å². The van der Waals surface area contributed by atoms with Crippen LogP contribution in [0.5, 0.6) is 0 Å². The topological polar surface area (TPSA) is 115 Å². The zero-order chi connectivity index (χ0) is 24.3. The number of H-pyrrole nitrogens is 1. The lowest BCUT2D eigenvalue weighted by molar-refractivity contribution is -0.117. The predicted molar refractivity (Wildman–Crippen MR) is 133 cm³/mol. The minimum absolute atomic E-state index is 0.102. The summed E-state index contributed by atoms with van der Waals surface area (Å²) in [6, 6.07) is 6.33. The van der Waals surface area contributed by atoms with Crippen molar-refractivity contribution in [1.29, 1.82) is 0 Å². The highest BCUT2D eigenvalue weighted by molar-refractivity contribution is 7.89. The van der Waals surface area contributed by atoms with E-state index in [2.05, 4.69) is 25.2 Å². The van der Waals surface area contributed by atoms with Crippen LogP contribution in [0.1, 0.15) is 13.8 Å². The van der Waals surface area contributed by atoms with Crippen LogP contribution in [0.4, 0.5) is 11.5 Å². The third kappa shape index (κ3) is 5.02. The molecule has 0 unspecified atom stereocenters. The maximum absolute atomic E-state index is 12.8. The quantitative estimate of drug-likeness (QED) is 0.483.